The van der Waals surface area contributed by atoms with Crippen LogP contribution in [0.4, 0.5) is 5.69 Å². The summed E-state index contributed by atoms with van der Waals surface area (Å²) in [5.74, 6) is 0.490. The van der Waals surface area contributed by atoms with E-state index in [-0.39, 0.29) is 5.91 Å². The summed E-state index contributed by atoms with van der Waals surface area (Å²) in [5, 5.41) is 0.786. The normalized spacial score (nSPS) is 15.7. The first-order chi connectivity index (χ1) is 7.11. The van der Waals surface area contributed by atoms with Gasteiger partial charge >= 0.3 is 0 Å². The predicted octanol–water partition coefficient (Wildman–Crippen LogP) is 2.74. The SMILES string of the molecule is CN1C(=O)CCOc2c1ccc(Cl)c2Cl. The fourth-order valence-corrected chi connectivity index (χ4v) is 1.83. The lowest BCUT2D eigenvalue weighted by atomic mass is 10.2. The van der Waals surface area contributed by atoms with Crippen LogP contribution in [-0.4, -0.2) is 19.6 Å². The molecule has 3 nitrogen and oxygen atoms in total. The van der Waals surface area contributed by atoms with E-state index in [1.807, 2.05) is 0 Å². The molecule has 0 aromatic heterocycles. The van der Waals surface area contributed by atoms with Crippen molar-refractivity contribution in [2.24, 2.45) is 0 Å². The van der Waals surface area contributed by atoms with Gasteiger partial charge in [0.25, 0.3) is 0 Å². The van der Waals surface area contributed by atoms with E-state index in [1.165, 1.54) is 4.90 Å². The Balaban J connectivity index is 2.57. The van der Waals surface area contributed by atoms with Crippen molar-refractivity contribution < 1.29 is 9.53 Å². The molecule has 0 atom stereocenters. The molecule has 80 valence electrons. The Kier molecular flexibility index (Phi) is 2.76. The number of halogens is 2. The van der Waals surface area contributed by atoms with Gasteiger partial charge in [0.05, 0.1) is 23.7 Å². The van der Waals surface area contributed by atoms with Crippen molar-refractivity contribution in [3.8, 4) is 5.75 Å². The summed E-state index contributed by atoms with van der Waals surface area (Å²) in [7, 11) is 1.69. The predicted molar refractivity (Wildman–Crippen MR) is 60.0 cm³/mol. The first kappa shape index (κ1) is 10.6. The van der Waals surface area contributed by atoms with Gasteiger partial charge in [0.1, 0.15) is 5.02 Å². The molecule has 0 bridgehead atoms. The van der Waals surface area contributed by atoms with Gasteiger partial charge < -0.3 is 9.64 Å². The van der Waals surface area contributed by atoms with E-state index in [1.54, 1.807) is 19.2 Å². The molecule has 15 heavy (non-hydrogen) atoms. The number of anilines is 1. The van der Waals surface area contributed by atoms with Gasteiger partial charge in [-0.1, -0.05) is 23.2 Å². The third kappa shape index (κ3) is 1.77. The Morgan fingerprint density at radius 3 is 2.87 bits per heavy atom. The number of carbonyl (C=O) groups excluding carboxylic acids is 1. The van der Waals surface area contributed by atoms with Crippen molar-refractivity contribution in [2.75, 3.05) is 18.6 Å². The first-order valence-electron chi connectivity index (χ1n) is 4.48. The van der Waals surface area contributed by atoms with E-state index in [0.717, 1.165) is 0 Å². The molecule has 1 aliphatic heterocycles. The van der Waals surface area contributed by atoms with Crippen molar-refractivity contribution in [1.29, 1.82) is 0 Å². The molecule has 1 heterocycles. The van der Waals surface area contributed by atoms with Crippen LogP contribution in [0.2, 0.25) is 10.0 Å². The minimum absolute atomic E-state index is 0.00661. The zero-order chi connectivity index (χ0) is 11.0. The van der Waals surface area contributed by atoms with Gasteiger partial charge in [-0.15, -0.1) is 0 Å². The molecule has 0 saturated carbocycles. The highest BCUT2D eigenvalue weighted by atomic mass is 35.5. The van der Waals surface area contributed by atoms with Gasteiger partial charge in [0.2, 0.25) is 5.91 Å². The van der Waals surface area contributed by atoms with Gasteiger partial charge in [0, 0.05) is 7.05 Å². The molecule has 1 aromatic carbocycles. The third-order valence-electron chi connectivity index (χ3n) is 2.33. The summed E-state index contributed by atoms with van der Waals surface area (Å²) in [5.41, 5.74) is 0.659. The number of hydrogen-bond donors (Lipinski definition) is 0. The summed E-state index contributed by atoms with van der Waals surface area (Å²) in [6.45, 7) is 0.330. The van der Waals surface area contributed by atoms with E-state index in [9.17, 15) is 4.79 Å². The fourth-order valence-electron chi connectivity index (χ4n) is 1.47. The second kappa shape index (κ2) is 3.91. The molecule has 0 N–H and O–H groups in total. The van der Waals surface area contributed by atoms with Crippen LogP contribution in [0.25, 0.3) is 0 Å². The minimum atomic E-state index is 0.00661. The number of fused-ring (bicyclic) bond motifs is 1. The van der Waals surface area contributed by atoms with Gasteiger partial charge in [0.15, 0.2) is 5.75 Å². The van der Waals surface area contributed by atoms with Gasteiger partial charge in [-0.25, -0.2) is 0 Å². The first-order valence-corrected chi connectivity index (χ1v) is 5.24. The number of ether oxygens (including phenoxy) is 1. The van der Waals surface area contributed by atoms with Gasteiger partial charge in [-0.3, -0.25) is 4.79 Å². The largest absolute Gasteiger partial charge is 0.489 e. The fraction of sp³-hybridized carbons (Fsp3) is 0.300. The molecule has 5 heteroatoms. The molecule has 1 aromatic rings. The Morgan fingerprint density at radius 2 is 2.13 bits per heavy atom. The highest BCUT2D eigenvalue weighted by Gasteiger charge is 2.22. The molecule has 0 saturated heterocycles. The number of benzene rings is 1. The molecule has 0 unspecified atom stereocenters. The Labute approximate surface area is 97.5 Å². The van der Waals surface area contributed by atoms with Crippen molar-refractivity contribution in [2.45, 2.75) is 6.42 Å². The average Bonchev–Trinajstić information content (AvgIpc) is 2.35. The van der Waals surface area contributed by atoms with Crippen LogP contribution in [0.1, 0.15) is 6.42 Å². The van der Waals surface area contributed by atoms with Crippen LogP contribution in [0.15, 0.2) is 12.1 Å². The van der Waals surface area contributed by atoms with E-state index in [2.05, 4.69) is 0 Å². The molecule has 0 fully saturated rings. The van der Waals surface area contributed by atoms with Crippen LogP contribution in [0.5, 0.6) is 5.75 Å². The lowest BCUT2D eigenvalue weighted by molar-refractivity contribution is -0.118. The number of hydrogen-bond acceptors (Lipinski definition) is 2. The molecular weight excluding hydrogens is 237 g/mol. The van der Waals surface area contributed by atoms with Crippen molar-refractivity contribution >= 4 is 34.8 Å². The molecule has 0 radical (unpaired) electrons. The summed E-state index contributed by atoms with van der Waals surface area (Å²) in [4.78, 5) is 13.1. The van der Waals surface area contributed by atoms with Gasteiger partial charge in [-0.2, -0.15) is 0 Å². The van der Waals surface area contributed by atoms with Crippen LogP contribution in [-0.2, 0) is 4.79 Å². The van der Waals surface area contributed by atoms with E-state index >= 15 is 0 Å². The average molecular weight is 246 g/mol. The van der Waals surface area contributed by atoms with Crippen molar-refractivity contribution in [1.82, 2.24) is 0 Å². The van der Waals surface area contributed by atoms with E-state index in [4.69, 9.17) is 27.9 Å². The van der Waals surface area contributed by atoms with E-state index in [0.29, 0.717) is 34.5 Å². The number of amides is 1. The molecule has 0 aliphatic carbocycles. The second-order valence-electron chi connectivity index (χ2n) is 3.26. The smallest absolute Gasteiger partial charge is 0.230 e. The van der Waals surface area contributed by atoms with Crippen LogP contribution in [0.3, 0.4) is 0 Å². The molecule has 2 rings (SSSR count). The molecular formula is C10H9Cl2NO2. The minimum Gasteiger partial charge on any atom is -0.489 e. The van der Waals surface area contributed by atoms with Crippen molar-refractivity contribution in [3.05, 3.63) is 22.2 Å². The Hall–Kier alpha value is -0.930. The number of carbonyl (C=O) groups is 1. The maximum Gasteiger partial charge on any atom is 0.230 e. The summed E-state index contributed by atoms with van der Waals surface area (Å²) < 4.78 is 5.42. The Bertz CT molecular complexity index is 420. The van der Waals surface area contributed by atoms with Crippen LogP contribution < -0.4 is 9.64 Å². The standard InChI is InChI=1S/C10H9Cl2NO2/c1-13-7-3-2-6(11)9(12)10(7)15-5-4-8(13)14/h2-3H,4-5H2,1H3. The molecule has 1 aliphatic rings. The van der Waals surface area contributed by atoms with Crippen LogP contribution in [0, 0.1) is 0 Å². The van der Waals surface area contributed by atoms with Gasteiger partial charge in [-0.05, 0) is 12.1 Å². The quantitative estimate of drug-likeness (QED) is 0.704. The molecule has 1 amide bonds. The molecule has 0 spiro atoms. The second-order valence-corrected chi connectivity index (χ2v) is 4.05. The maximum absolute atomic E-state index is 11.5. The monoisotopic (exact) mass is 245 g/mol. The lowest BCUT2D eigenvalue weighted by Crippen LogP contribution is -2.25. The topological polar surface area (TPSA) is 29.5 Å². The highest BCUT2D eigenvalue weighted by Crippen LogP contribution is 2.41. The van der Waals surface area contributed by atoms with Crippen molar-refractivity contribution in [3.63, 3.8) is 0 Å². The summed E-state index contributed by atoms with van der Waals surface area (Å²) >= 11 is 11.9. The zero-order valence-corrected chi connectivity index (χ0v) is 9.60. The number of rotatable bonds is 0. The zero-order valence-electron chi connectivity index (χ0n) is 8.09. The lowest BCUT2D eigenvalue weighted by Gasteiger charge is -2.17. The van der Waals surface area contributed by atoms with E-state index < -0.39 is 0 Å². The summed E-state index contributed by atoms with van der Waals surface area (Å²) in [6, 6.07) is 3.38. The maximum atomic E-state index is 11.5. The highest BCUT2D eigenvalue weighted by molar-refractivity contribution is 6.43. The Morgan fingerprint density at radius 1 is 1.40 bits per heavy atom. The summed E-state index contributed by atoms with van der Waals surface area (Å²) in [6.07, 6.45) is 0.346. The van der Waals surface area contributed by atoms with Crippen LogP contribution >= 0.6 is 23.2 Å². The third-order valence-corrected chi connectivity index (χ3v) is 3.11. The number of nitrogens with zero attached hydrogens (tertiary/aromatic N) is 1.